The van der Waals surface area contributed by atoms with Gasteiger partial charge in [0.05, 0.1) is 23.9 Å². The Morgan fingerprint density at radius 1 is 1.18 bits per heavy atom. The number of aromatic nitrogens is 1. The van der Waals surface area contributed by atoms with Crippen LogP contribution in [0.25, 0.3) is 10.9 Å². The molecule has 1 aromatic heterocycles. The Morgan fingerprint density at radius 3 is 2.55 bits per heavy atom. The molecule has 1 saturated carbocycles. The fourth-order valence-corrected chi connectivity index (χ4v) is 4.03. The van der Waals surface area contributed by atoms with E-state index >= 15 is 0 Å². The van der Waals surface area contributed by atoms with Gasteiger partial charge in [0.2, 0.25) is 0 Å². The van der Waals surface area contributed by atoms with Crippen LogP contribution in [-0.4, -0.2) is 30.2 Å². The first-order valence-electron chi connectivity index (χ1n) is 10.1. The van der Waals surface area contributed by atoms with Gasteiger partial charge in [0.1, 0.15) is 5.75 Å². The molecule has 174 valence electrons. The number of carbonyl (C=O) groups is 2. The van der Waals surface area contributed by atoms with Crippen molar-refractivity contribution in [2.75, 3.05) is 19.0 Å². The average molecular weight is 481 g/mol. The van der Waals surface area contributed by atoms with Gasteiger partial charge in [-0.05, 0) is 56.2 Å². The molecule has 2 aromatic carbocycles. The molecular weight excluding hydrogens is 461 g/mol. The Kier molecular flexibility index (Phi) is 6.00. The zero-order valence-corrected chi connectivity index (χ0v) is 18.5. The molecule has 1 aliphatic rings. The molecule has 3 aromatic rings. The molecule has 1 heterocycles. The number of nitrogens with one attached hydrogen (secondary N) is 1. The minimum Gasteiger partial charge on any atom is -0.497 e. The van der Waals surface area contributed by atoms with Crippen LogP contribution in [0.15, 0.2) is 36.4 Å². The normalized spacial score (nSPS) is 13.8. The highest BCUT2D eigenvalue weighted by molar-refractivity contribution is 6.30. The molecule has 0 unspecified atom stereocenters. The van der Waals surface area contributed by atoms with Crippen molar-refractivity contribution in [3.05, 3.63) is 58.2 Å². The number of rotatable bonds is 6. The number of hydrogen-bond acceptors (Lipinski definition) is 4. The SMILES string of the molecule is COc1ccc2c(c1)c(C(=O)OCC(=O)Nc1ccc(Cl)cc1C(F)(F)F)c(C)n2C1CC1. The van der Waals surface area contributed by atoms with Crippen molar-refractivity contribution in [1.82, 2.24) is 4.57 Å². The van der Waals surface area contributed by atoms with Crippen LogP contribution in [0.5, 0.6) is 5.75 Å². The number of nitrogens with zero attached hydrogens (tertiary/aromatic N) is 1. The first-order chi connectivity index (χ1) is 15.6. The number of ether oxygens (including phenoxy) is 2. The van der Waals surface area contributed by atoms with Crippen molar-refractivity contribution < 1.29 is 32.2 Å². The number of benzene rings is 2. The third-order valence-corrected chi connectivity index (χ3v) is 5.70. The van der Waals surface area contributed by atoms with Crippen LogP contribution in [-0.2, 0) is 15.7 Å². The van der Waals surface area contributed by atoms with Gasteiger partial charge in [-0.15, -0.1) is 0 Å². The van der Waals surface area contributed by atoms with E-state index in [1.807, 2.05) is 6.07 Å². The lowest BCUT2D eigenvalue weighted by atomic mass is 10.1. The number of anilines is 1. The summed E-state index contributed by atoms with van der Waals surface area (Å²) in [6, 6.07) is 8.66. The fourth-order valence-electron chi connectivity index (χ4n) is 3.86. The minimum atomic E-state index is -4.72. The van der Waals surface area contributed by atoms with Gasteiger partial charge in [-0.1, -0.05) is 11.6 Å². The second-order valence-electron chi connectivity index (χ2n) is 7.76. The zero-order valence-electron chi connectivity index (χ0n) is 17.8. The third-order valence-electron chi connectivity index (χ3n) is 5.47. The lowest BCUT2D eigenvalue weighted by Crippen LogP contribution is -2.23. The molecule has 1 amide bonds. The van der Waals surface area contributed by atoms with E-state index in [1.165, 1.54) is 13.2 Å². The molecule has 33 heavy (non-hydrogen) atoms. The molecule has 0 atom stereocenters. The van der Waals surface area contributed by atoms with Crippen molar-refractivity contribution in [2.24, 2.45) is 0 Å². The number of carbonyl (C=O) groups excluding carboxylic acids is 2. The van der Waals surface area contributed by atoms with Gasteiger partial charge in [0.25, 0.3) is 5.91 Å². The van der Waals surface area contributed by atoms with Crippen LogP contribution in [0.3, 0.4) is 0 Å². The summed E-state index contributed by atoms with van der Waals surface area (Å²) in [5.41, 5.74) is 0.279. The van der Waals surface area contributed by atoms with Crippen LogP contribution in [0.1, 0.15) is 40.5 Å². The molecule has 6 nitrogen and oxygen atoms in total. The van der Waals surface area contributed by atoms with Crippen molar-refractivity contribution in [3.8, 4) is 5.75 Å². The van der Waals surface area contributed by atoms with Gasteiger partial charge in [0.15, 0.2) is 6.61 Å². The molecular formula is C23H20ClF3N2O4. The molecule has 0 spiro atoms. The molecule has 10 heteroatoms. The largest absolute Gasteiger partial charge is 0.497 e. The maximum absolute atomic E-state index is 13.2. The summed E-state index contributed by atoms with van der Waals surface area (Å²) in [7, 11) is 1.51. The van der Waals surface area contributed by atoms with E-state index in [1.54, 1.807) is 19.1 Å². The molecule has 0 bridgehead atoms. The van der Waals surface area contributed by atoms with Crippen LogP contribution < -0.4 is 10.1 Å². The predicted molar refractivity (Wildman–Crippen MR) is 117 cm³/mol. The van der Waals surface area contributed by atoms with E-state index in [2.05, 4.69) is 9.88 Å². The monoisotopic (exact) mass is 480 g/mol. The van der Waals surface area contributed by atoms with E-state index in [4.69, 9.17) is 21.1 Å². The molecule has 4 rings (SSSR count). The van der Waals surface area contributed by atoms with Crippen molar-refractivity contribution in [2.45, 2.75) is 32.0 Å². The van der Waals surface area contributed by atoms with Crippen LogP contribution in [0.4, 0.5) is 18.9 Å². The highest BCUT2D eigenvalue weighted by Crippen LogP contribution is 2.42. The summed E-state index contributed by atoms with van der Waals surface area (Å²) in [6.45, 7) is 1.04. The van der Waals surface area contributed by atoms with E-state index in [0.717, 1.165) is 24.4 Å². The topological polar surface area (TPSA) is 69.6 Å². The van der Waals surface area contributed by atoms with Crippen LogP contribution in [0, 0.1) is 6.92 Å². The summed E-state index contributed by atoms with van der Waals surface area (Å²) in [5, 5.41) is 2.64. The molecule has 1 fully saturated rings. The Bertz CT molecular complexity index is 1250. The molecule has 1 aliphatic carbocycles. The second-order valence-corrected chi connectivity index (χ2v) is 8.19. The number of fused-ring (bicyclic) bond motifs is 1. The number of amides is 1. The maximum atomic E-state index is 13.2. The van der Waals surface area contributed by atoms with Crippen LogP contribution in [0.2, 0.25) is 5.02 Å². The Hall–Kier alpha value is -3.20. The zero-order chi connectivity index (χ0) is 23.9. The number of halogens is 4. The lowest BCUT2D eigenvalue weighted by molar-refractivity contribution is -0.137. The molecule has 0 saturated heterocycles. The Morgan fingerprint density at radius 2 is 1.91 bits per heavy atom. The summed E-state index contributed by atoms with van der Waals surface area (Å²) in [4.78, 5) is 25.2. The van der Waals surface area contributed by atoms with Gasteiger partial charge in [0, 0.05) is 27.7 Å². The Labute approximate surface area is 192 Å². The highest BCUT2D eigenvalue weighted by Gasteiger charge is 2.34. The fraction of sp³-hybridized carbons (Fsp3) is 0.304. The smallest absolute Gasteiger partial charge is 0.418 e. The number of hydrogen-bond donors (Lipinski definition) is 1. The van der Waals surface area contributed by atoms with Gasteiger partial charge in [-0.2, -0.15) is 13.2 Å². The number of methoxy groups -OCH3 is 1. The summed E-state index contributed by atoms with van der Waals surface area (Å²) >= 11 is 5.65. The van der Waals surface area contributed by atoms with E-state index in [-0.39, 0.29) is 11.1 Å². The van der Waals surface area contributed by atoms with Gasteiger partial charge >= 0.3 is 12.1 Å². The maximum Gasteiger partial charge on any atom is 0.418 e. The summed E-state index contributed by atoms with van der Waals surface area (Å²) in [5.74, 6) is -1.09. The molecule has 0 radical (unpaired) electrons. The third kappa shape index (κ3) is 4.64. The number of esters is 1. The van der Waals surface area contributed by atoms with E-state index in [0.29, 0.717) is 28.5 Å². The van der Waals surface area contributed by atoms with Gasteiger partial charge < -0.3 is 19.4 Å². The summed E-state index contributed by atoms with van der Waals surface area (Å²) < 4.78 is 52.2. The van der Waals surface area contributed by atoms with Crippen molar-refractivity contribution in [3.63, 3.8) is 0 Å². The summed E-state index contributed by atoms with van der Waals surface area (Å²) in [6.07, 6.45) is -2.72. The first-order valence-corrected chi connectivity index (χ1v) is 10.5. The van der Waals surface area contributed by atoms with Crippen LogP contribution >= 0.6 is 11.6 Å². The average Bonchev–Trinajstić information content (AvgIpc) is 3.54. The molecule has 0 aliphatic heterocycles. The second kappa shape index (κ2) is 8.62. The lowest BCUT2D eigenvalue weighted by Gasteiger charge is -2.14. The highest BCUT2D eigenvalue weighted by atomic mass is 35.5. The minimum absolute atomic E-state index is 0.121. The predicted octanol–water partition coefficient (Wildman–Crippen LogP) is 5.76. The van der Waals surface area contributed by atoms with E-state index in [9.17, 15) is 22.8 Å². The standard InChI is InChI=1S/C23H20ClF3N2O4/c1-12-21(16-10-15(32-2)6-8-19(16)29(12)14-4-5-14)22(31)33-11-20(30)28-18-7-3-13(24)9-17(18)23(25,26)27/h3,6-10,14H,4-5,11H2,1-2H3,(H,28,30). The molecule has 1 N–H and O–H groups in total. The van der Waals surface area contributed by atoms with Gasteiger partial charge in [-0.25, -0.2) is 4.79 Å². The number of alkyl halides is 3. The Balaban J connectivity index is 1.54. The van der Waals surface area contributed by atoms with Crippen molar-refractivity contribution in [1.29, 1.82) is 0 Å². The first kappa shape index (κ1) is 23.0. The quantitative estimate of drug-likeness (QED) is 0.455. The van der Waals surface area contributed by atoms with E-state index < -0.39 is 35.9 Å². The van der Waals surface area contributed by atoms with Gasteiger partial charge in [-0.3, -0.25) is 4.79 Å². The van der Waals surface area contributed by atoms with Crippen molar-refractivity contribution >= 4 is 40.1 Å².